The molecule has 1 aliphatic rings. The lowest BCUT2D eigenvalue weighted by Crippen LogP contribution is -2.19. The molecule has 0 bridgehead atoms. The molecule has 100 valence electrons. The lowest BCUT2D eigenvalue weighted by atomic mass is 10.2. The Kier molecular flexibility index (Phi) is 4.08. The maximum atomic E-state index is 11.4. The van der Waals surface area contributed by atoms with Gasteiger partial charge >= 0.3 is 0 Å². The van der Waals surface area contributed by atoms with Gasteiger partial charge < -0.3 is 10.1 Å². The van der Waals surface area contributed by atoms with E-state index in [1.54, 1.807) is 19.1 Å². The molecule has 2 rings (SSSR count). The van der Waals surface area contributed by atoms with Crippen LogP contribution in [0.25, 0.3) is 0 Å². The van der Waals surface area contributed by atoms with Crippen molar-refractivity contribution < 1.29 is 13.2 Å². The maximum Gasteiger partial charge on any atom is 0.232 e. The quantitative estimate of drug-likeness (QED) is 0.853. The van der Waals surface area contributed by atoms with E-state index in [2.05, 4.69) is 10.0 Å². The third kappa shape index (κ3) is 3.61. The van der Waals surface area contributed by atoms with Gasteiger partial charge in [-0.15, -0.1) is 0 Å². The number of ether oxygens (including phenoxy) is 1. The number of sulfonamides is 1. The third-order valence-electron chi connectivity index (χ3n) is 2.84. The summed E-state index contributed by atoms with van der Waals surface area (Å²) >= 11 is 0. The molecular formula is C12H18N2O3S. The number of hydrogen-bond acceptors (Lipinski definition) is 4. The van der Waals surface area contributed by atoms with E-state index < -0.39 is 10.0 Å². The SMILES string of the molecule is CCS(=O)(=O)Nc1ccc(NC2CCOC2)cc1. The summed E-state index contributed by atoms with van der Waals surface area (Å²) in [6.45, 7) is 3.13. The molecule has 0 aromatic heterocycles. The average Bonchev–Trinajstić information content (AvgIpc) is 2.84. The van der Waals surface area contributed by atoms with Gasteiger partial charge in [0.25, 0.3) is 0 Å². The van der Waals surface area contributed by atoms with Gasteiger partial charge in [-0.05, 0) is 37.6 Å². The highest BCUT2D eigenvalue weighted by Gasteiger charge is 2.14. The van der Waals surface area contributed by atoms with Gasteiger partial charge in [-0.3, -0.25) is 4.72 Å². The fourth-order valence-corrected chi connectivity index (χ4v) is 2.41. The molecule has 0 aliphatic carbocycles. The van der Waals surface area contributed by atoms with Crippen LogP contribution in [0, 0.1) is 0 Å². The second-order valence-corrected chi connectivity index (χ2v) is 6.30. The summed E-state index contributed by atoms with van der Waals surface area (Å²) in [5.74, 6) is 0.0758. The molecule has 0 spiro atoms. The first-order valence-electron chi connectivity index (χ1n) is 6.04. The Morgan fingerprint density at radius 1 is 1.28 bits per heavy atom. The zero-order valence-electron chi connectivity index (χ0n) is 10.3. The van der Waals surface area contributed by atoms with Crippen LogP contribution < -0.4 is 10.0 Å². The zero-order chi connectivity index (χ0) is 13.0. The van der Waals surface area contributed by atoms with Gasteiger partial charge in [-0.1, -0.05) is 0 Å². The highest BCUT2D eigenvalue weighted by molar-refractivity contribution is 7.92. The molecule has 0 radical (unpaired) electrons. The fraction of sp³-hybridized carbons (Fsp3) is 0.500. The standard InChI is InChI=1S/C12H18N2O3S/c1-2-18(15,16)14-11-5-3-10(4-6-11)13-12-7-8-17-9-12/h3-6,12-14H,2,7-9H2,1H3. The largest absolute Gasteiger partial charge is 0.380 e. The molecule has 1 fully saturated rings. The van der Waals surface area contributed by atoms with Gasteiger partial charge in [-0.25, -0.2) is 8.42 Å². The van der Waals surface area contributed by atoms with Crippen molar-refractivity contribution in [2.45, 2.75) is 19.4 Å². The Hall–Kier alpha value is -1.27. The Balaban J connectivity index is 1.96. The third-order valence-corrected chi connectivity index (χ3v) is 4.15. The fourth-order valence-electron chi connectivity index (χ4n) is 1.77. The molecule has 1 aromatic carbocycles. The van der Waals surface area contributed by atoms with Crippen LogP contribution in [-0.2, 0) is 14.8 Å². The topological polar surface area (TPSA) is 67.4 Å². The number of benzene rings is 1. The van der Waals surface area contributed by atoms with Gasteiger partial charge in [0.05, 0.1) is 18.4 Å². The number of hydrogen-bond donors (Lipinski definition) is 2. The summed E-state index contributed by atoms with van der Waals surface area (Å²) < 4.78 is 30.6. The summed E-state index contributed by atoms with van der Waals surface area (Å²) in [6, 6.07) is 7.59. The van der Waals surface area contributed by atoms with Crippen LogP contribution in [0.2, 0.25) is 0 Å². The van der Waals surface area contributed by atoms with E-state index in [1.807, 2.05) is 12.1 Å². The van der Waals surface area contributed by atoms with Gasteiger partial charge in [-0.2, -0.15) is 0 Å². The van der Waals surface area contributed by atoms with Crippen LogP contribution in [0.5, 0.6) is 0 Å². The summed E-state index contributed by atoms with van der Waals surface area (Å²) in [7, 11) is -3.20. The summed E-state index contributed by atoms with van der Waals surface area (Å²) in [4.78, 5) is 0. The van der Waals surface area contributed by atoms with Crippen molar-refractivity contribution in [3.05, 3.63) is 24.3 Å². The Morgan fingerprint density at radius 3 is 2.50 bits per heavy atom. The molecule has 1 atom stereocenters. The Labute approximate surface area is 108 Å². The monoisotopic (exact) mass is 270 g/mol. The van der Waals surface area contributed by atoms with Crippen LogP contribution in [0.15, 0.2) is 24.3 Å². The molecule has 0 saturated carbocycles. The lowest BCUT2D eigenvalue weighted by Gasteiger charge is -2.13. The van der Waals surface area contributed by atoms with Crippen LogP contribution in [0.1, 0.15) is 13.3 Å². The van der Waals surface area contributed by atoms with E-state index in [0.717, 1.165) is 25.3 Å². The van der Waals surface area contributed by atoms with Crippen molar-refractivity contribution in [1.82, 2.24) is 0 Å². The van der Waals surface area contributed by atoms with Crippen molar-refractivity contribution in [2.75, 3.05) is 29.0 Å². The predicted octanol–water partition coefficient (Wildman–Crippen LogP) is 1.65. The molecule has 6 heteroatoms. The molecule has 1 heterocycles. The van der Waals surface area contributed by atoms with Crippen LogP contribution >= 0.6 is 0 Å². The first-order chi connectivity index (χ1) is 8.59. The molecule has 0 amide bonds. The van der Waals surface area contributed by atoms with Crippen LogP contribution in [0.4, 0.5) is 11.4 Å². The van der Waals surface area contributed by atoms with Crippen molar-refractivity contribution in [3.8, 4) is 0 Å². The van der Waals surface area contributed by atoms with Gasteiger partial charge in [0, 0.05) is 18.0 Å². The van der Waals surface area contributed by atoms with Gasteiger partial charge in [0.1, 0.15) is 0 Å². The number of nitrogens with one attached hydrogen (secondary N) is 2. The number of rotatable bonds is 5. The van der Waals surface area contributed by atoms with Crippen molar-refractivity contribution in [1.29, 1.82) is 0 Å². The van der Waals surface area contributed by atoms with E-state index in [9.17, 15) is 8.42 Å². The second kappa shape index (κ2) is 5.58. The summed E-state index contributed by atoms with van der Waals surface area (Å²) in [6.07, 6.45) is 1.00. The van der Waals surface area contributed by atoms with Gasteiger partial charge in [0.15, 0.2) is 0 Å². The molecule has 5 nitrogen and oxygen atoms in total. The molecule has 1 saturated heterocycles. The molecule has 1 aliphatic heterocycles. The van der Waals surface area contributed by atoms with E-state index in [0.29, 0.717) is 11.7 Å². The smallest absolute Gasteiger partial charge is 0.232 e. The van der Waals surface area contributed by atoms with Gasteiger partial charge in [0.2, 0.25) is 10.0 Å². The first-order valence-corrected chi connectivity index (χ1v) is 7.69. The average molecular weight is 270 g/mol. The zero-order valence-corrected chi connectivity index (χ0v) is 11.2. The highest BCUT2D eigenvalue weighted by Crippen LogP contribution is 2.17. The molecule has 1 aromatic rings. The van der Waals surface area contributed by atoms with Crippen molar-refractivity contribution >= 4 is 21.4 Å². The molecule has 2 N–H and O–H groups in total. The Morgan fingerprint density at radius 2 is 1.94 bits per heavy atom. The minimum Gasteiger partial charge on any atom is -0.380 e. The summed E-state index contributed by atoms with van der Waals surface area (Å²) in [5, 5.41) is 3.34. The molecular weight excluding hydrogens is 252 g/mol. The Bertz CT molecular complexity index is 479. The lowest BCUT2D eigenvalue weighted by molar-refractivity contribution is 0.195. The van der Waals surface area contributed by atoms with Crippen molar-refractivity contribution in [2.24, 2.45) is 0 Å². The second-order valence-electron chi connectivity index (χ2n) is 4.29. The van der Waals surface area contributed by atoms with Crippen LogP contribution in [-0.4, -0.2) is 33.4 Å². The van der Waals surface area contributed by atoms with E-state index in [1.165, 1.54) is 0 Å². The summed E-state index contributed by atoms with van der Waals surface area (Å²) in [5.41, 5.74) is 1.56. The minimum atomic E-state index is -3.20. The molecule has 18 heavy (non-hydrogen) atoms. The normalized spacial score (nSPS) is 19.7. The van der Waals surface area contributed by atoms with Crippen LogP contribution in [0.3, 0.4) is 0 Å². The predicted molar refractivity (Wildman–Crippen MR) is 72.4 cm³/mol. The van der Waals surface area contributed by atoms with E-state index >= 15 is 0 Å². The molecule has 1 unspecified atom stereocenters. The first kappa shape index (κ1) is 13.2. The minimum absolute atomic E-state index is 0.0758. The van der Waals surface area contributed by atoms with E-state index in [-0.39, 0.29) is 5.75 Å². The van der Waals surface area contributed by atoms with Crippen molar-refractivity contribution in [3.63, 3.8) is 0 Å². The number of anilines is 2. The van der Waals surface area contributed by atoms with E-state index in [4.69, 9.17) is 4.74 Å². The maximum absolute atomic E-state index is 11.4. The highest BCUT2D eigenvalue weighted by atomic mass is 32.2.